The lowest BCUT2D eigenvalue weighted by Gasteiger charge is -2.12. The molecule has 0 unspecified atom stereocenters. The molecule has 1 N–H and O–H groups in total. The van der Waals surface area contributed by atoms with E-state index in [-0.39, 0.29) is 19.0 Å². The first-order valence-electron chi connectivity index (χ1n) is 13.0. The minimum Gasteiger partial charge on any atom is -0.486 e. The van der Waals surface area contributed by atoms with Crippen molar-refractivity contribution < 1.29 is 18.7 Å². The summed E-state index contributed by atoms with van der Waals surface area (Å²) in [5.74, 6) is 1.23. The van der Waals surface area contributed by atoms with E-state index in [0.29, 0.717) is 42.4 Å². The standard InChI is InChI=1S/C32H25BrCl3N3O4/c1-19-3-4-20(2)39(19)24-7-9-25(10-8-24)41-18-26-11-12-30(43-26)32(40)38-37-16-21-13-27(33)31(29(36)14-21)42-17-22-5-6-23(34)15-28(22)35/h3-16H,17-18H2,1-2H3,(H,38,40)/b37-16+. The Morgan fingerprint density at radius 1 is 0.907 bits per heavy atom. The van der Waals surface area contributed by atoms with Crippen LogP contribution in [0.15, 0.2) is 92.9 Å². The molecule has 0 aliphatic rings. The van der Waals surface area contributed by atoms with Gasteiger partial charge in [-0.05, 0) is 108 Å². The number of aryl methyl sites for hydroxylation is 2. The molecule has 0 saturated heterocycles. The first-order chi connectivity index (χ1) is 20.7. The number of rotatable bonds is 10. The number of nitrogens with zero attached hydrogens (tertiary/aromatic N) is 2. The number of hydrogen-bond donors (Lipinski definition) is 1. The Hall–Kier alpha value is -3.69. The summed E-state index contributed by atoms with van der Waals surface area (Å²) < 4.78 is 20.1. The van der Waals surface area contributed by atoms with E-state index in [1.807, 2.05) is 24.3 Å². The molecule has 2 aromatic heterocycles. The Morgan fingerprint density at radius 3 is 2.35 bits per heavy atom. The van der Waals surface area contributed by atoms with Gasteiger partial charge >= 0.3 is 5.91 Å². The molecule has 3 aromatic carbocycles. The van der Waals surface area contributed by atoms with Crippen LogP contribution in [-0.2, 0) is 13.2 Å². The quantitative estimate of drug-likeness (QED) is 0.116. The van der Waals surface area contributed by atoms with Gasteiger partial charge in [0.05, 0.1) is 15.7 Å². The molecule has 7 nitrogen and oxygen atoms in total. The van der Waals surface area contributed by atoms with E-state index in [0.717, 1.165) is 22.6 Å². The first-order valence-corrected chi connectivity index (χ1v) is 15.0. The van der Waals surface area contributed by atoms with Crippen LogP contribution in [0, 0.1) is 13.8 Å². The summed E-state index contributed by atoms with van der Waals surface area (Å²) in [5, 5.41) is 5.42. The van der Waals surface area contributed by atoms with Crippen molar-refractivity contribution in [1.29, 1.82) is 0 Å². The smallest absolute Gasteiger partial charge is 0.307 e. The predicted octanol–water partition coefficient (Wildman–Crippen LogP) is 9.33. The average Bonchev–Trinajstić information content (AvgIpc) is 3.59. The number of hydrazone groups is 1. The normalized spacial score (nSPS) is 11.2. The minimum atomic E-state index is -0.505. The lowest BCUT2D eigenvalue weighted by Crippen LogP contribution is -2.16. The van der Waals surface area contributed by atoms with Crippen LogP contribution in [-0.4, -0.2) is 16.7 Å². The third-order valence-electron chi connectivity index (χ3n) is 6.42. The number of furan rings is 1. The van der Waals surface area contributed by atoms with Crippen LogP contribution in [0.3, 0.4) is 0 Å². The average molecular weight is 702 g/mol. The number of aromatic nitrogens is 1. The molecule has 43 heavy (non-hydrogen) atoms. The van der Waals surface area contributed by atoms with Crippen molar-refractivity contribution >= 4 is 62.9 Å². The van der Waals surface area contributed by atoms with E-state index in [2.05, 4.69) is 57.0 Å². The topological polar surface area (TPSA) is 78.0 Å². The Bertz CT molecular complexity index is 1760. The van der Waals surface area contributed by atoms with Crippen LogP contribution >= 0.6 is 50.7 Å². The van der Waals surface area contributed by atoms with Crippen LogP contribution in [0.4, 0.5) is 0 Å². The van der Waals surface area contributed by atoms with Crippen molar-refractivity contribution in [3.63, 3.8) is 0 Å². The maximum Gasteiger partial charge on any atom is 0.307 e. The van der Waals surface area contributed by atoms with Gasteiger partial charge in [0.25, 0.3) is 0 Å². The number of carbonyl (C=O) groups excluding carboxylic acids is 1. The van der Waals surface area contributed by atoms with Gasteiger partial charge in [-0.25, -0.2) is 5.43 Å². The summed E-state index contributed by atoms with van der Waals surface area (Å²) in [6.07, 6.45) is 1.46. The molecule has 0 radical (unpaired) electrons. The molecule has 0 spiro atoms. The van der Waals surface area contributed by atoms with Gasteiger partial charge in [-0.1, -0.05) is 40.9 Å². The minimum absolute atomic E-state index is 0.105. The maximum absolute atomic E-state index is 12.5. The molecular weight excluding hydrogens is 677 g/mol. The summed E-state index contributed by atoms with van der Waals surface area (Å²) in [5.41, 5.74) is 7.23. The van der Waals surface area contributed by atoms with Crippen LogP contribution in [0.2, 0.25) is 15.1 Å². The van der Waals surface area contributed by atoms with E-state index < -0.39 is 5.91 Å². The highest BCUT2D eigenvalue weighted by atomic mass is 79.9. The monoisotopic (exact) mass is 699 g/mol. The highest BCUT2D eigenvalue weighted by molar-refractivity contribution is 9.10. The van der Waals surface area contributed by atoms with Gasteiger partial charge in [-0.15, -0.1) is 0 Å². The van der Waals surface area contributed by atoms with Gasteiger partial charge in [-0.2, -0.15) is 5.10 Å². The second kappa shape index (κ2) is 13.7. The number of nitrogens with one attached hydrogen (secondary N) is 1. The van der Waals surface area contributed by atoms with Gasteiger partial charge in [0.15, 0.2) is 11.5 Å². The SMILES string of the molecule is Cc1ccc(C)n1-c1ccc(OCc2ccc(C(=O)N/N=C/c3cc(Cl)c(OCc4ccc(Cl)cc4Cl)c(Br)c3)o2)cc1. The molecule has 0 aliphatic carbocycles. The number of halogens is 4. The van der Waals surface area contributed by atoms with Gasteiger partial charge in [-0.3, -0.25) is 4.79 Å². The maximum atomic E-state index is 12.5. The van der Waals surface area contributed by atoms with Crippen LogP contribution < -0.4 is 14.9 Å². The molecule has 5 rings (SSSR count). The van der Waals surface area contributed by atoms with Gasteiger partial charge in [0, 0.05) is 32.7 Å². The predicted molar refractivity (Wildman–Crippen MR) is 173 cm³/mol. The molecule has 0 aliphatic heterocycles. The number of hydrogen-bond acceptors (Lipinski definition) is 5. The Kier molecular flexibility index (Phi) is 9.82. The van der Waals surface area contributed by atoms with Crippen molar-refractivity contribution in [2.24, 2.45) is 5.10 Å². The van der Waals surface area contributed by atoms with E-state index >= 15 is 0 Å². The zero-order valence-corrected chi connectivity index (χ0v) is 26.9. The van der Waals surface area contributed by atoms with E-state index in [1.54, 1.807) is 42.5 Å². The second-order valence-corrected chi connectivity index (χ2v) is 11.6. The van der Waals surface area contributed by atoms with Crippen LogP contribution in [0.25, 0.3) is 5.69 Å². The van der Waals surface area contributed by atoms with Crippen molar-refractivity contribution in [3.05, 3.63) is 132 Å². The number of amides is 1. The van der Waals surface area contributed by atoms with Crippen LogP contribution in [0.5, 0.6) is 11.5 Å². The highest BCUT2D eigenvalue weighted by Crippen LogP contribution is 2.35. The molecule has 5 aromatic rings. The van der Waals surface area contributed by atoms with E-state index in [4.69, 9.17) is 48.7 Å². The van der Waals surface area contributed by atoms with Crippen molar-refractivity contribution in [3.8, 4) is 17.2 Å². The Balaban J connectivity index is 1.13. The first kappa shape index (κ1) is 30.8. The van der Waals surface area contributed by atoms with Crippen molar-refractivity contribution in [2.75, 3.05) is 0 Å². The molecule has 0 atom stereocenters. The lowest BCUT2D eigenvalue weighted by atomic mass is 10.2. The number of ether oxygens (including phenoxy) is 2. The zero-order valence-electron chi connectivity index (χ0n) is 23.0. The lowest BCUT2D eigenvalue weighted by molar-refractivity contribution is 0.0923. The zero-order chi connectivity index (χ0) is 30.5. The summed E-state index contributed by atoms with van der Waals surface area (Å²) in [7, 11) is 0. The Labute approximate surface area is 272 Å². The van der Waals surface area contributed by atoms with E-state index in [9.17, 15) is 4.79 Å². The van der Waals surface area contributed by atoms with E-state index in [1.165, 1.54) is 6.21 Å². The Morgan fingerprint density at radius 2 is 1.65 bits per heavy atom. The molecule has 11 heteroatoms. The van der Waals surface area contributed by atoms with Gasteiger partial charge in [0.2, 0.25) is 0 Å². The second-order valence-electron chi connectivity index (χ2n) is 9.54. The third kappa shape index (κ3) is 7.64. The van der Waals surface area contributed by atoms with Crippen molar-refractivity contribution in [1.82, 2.24) is 9.99 Å². The fourth-order valence-electron chi connectivity index (χ4n) is 4.30. The molecule has 0 fully saturated rings. The number of benzene rings is 3. The number of carbonyl (C=O) groups is 1. The molecule has 2 heterocycles. The molecule has 0 bridgehead atoms. The summed E-state index contributed by atoms with van der Waals surface area (Å²) in [6, 6.07) is 23.8. The fraction of sp³-hybridized carbons (Fsp3) is 0.125. The largest absolute Gasteiger partial charge is 0.486 e. The summed E-state index contributed by atoms with van der Waals surface area (Å²) >= 11 is 22.1. The third-order valence-corrected chi connectivity index (χ3v) is 7.88. The molecule has 0 saturated carbocycles. The highest BCUT2D eigenvalue weighted by Gasteiger charge is 2.13. The molecule has 1 amide bonds. The fourth-order valence-corrected chi connectivity index (χ4v) is 5.75. The summed E-state index contributed by atoms with van der Waals surface area (Å²) in [4.78, 5) is 12.5. The van der Waals surface area contributed by atoms with Gasteiger partial charge in [0.1, 0.15) is 24.7 Å². The molecular formula is C32H25BrCl3N3O4. The molecule has 220 valence electrons. The summed E-state index contributed by atoms with van der Waals surface area (Å²) in [6.45, 7) is 4.51. The van der Waals surface area contributed by atoms with Gasteiger partial charge < -0.3 is 18.5 Å². The van der Waals surface area contributed by atoms with Crippen LogP contribution in [0.1, 0.15) is 38.8 Å². The van der Waals surface area contributed by atoms with Crippen molar-refractivity contribution in [2.45, 2.75) is 27.1 Å².